The molecule has 1 unspecified atom stereocenters. The van der Waals surface area contributed by atoms with Crippen LogP contribution in [-0.4, -0.2) is 51.9 Å². The molecule has 8 nitrogen and oxygen atoms in total. The van der Waals surface area contributed by atoms with E-state index in [0.717, 1.165) is 65.4 Å². The van der Waals surface area contributed by atoms with Gasteiger partial charge in [-0.05, 0) is 54.8 Å². The SMILES string of the molecule is CCc1[nH]c2nc(Sc3ccc4c(c3)C(CO)C=NC(N)=N4)nc(N3CCCC3)c2c1Cl. The molecule has 0 spiro atoms. The predicted molar refractivity (Wildman–Crippen MR) is 130 cm³/mol. The van der Waals surface area contributed by atoms with Crippen molar-refractivity contribution in [3.8, 4) is 0 Å². The normalized spacial score (nSPS) is 18.2. The van der Waals surface area contributed by atoms with E-state index < -0.39 is 0 Å². The zero-order chi connectivity index (χ0) is 22.2. The number of nitrogens with two attached hydrogens (primary N) is 1. The molecule has 5 rings (SSSR count). The molecule has 4 heterocycles. The first kappa shape index (κ1) is 21.2. The average Bonchev–Trinajstić information content (AvgIpc) is 3.40. The number of aliphatic imine (C=N–C) groups is 2. The van der Waals surface area contributed by atoms with Crippen molar-refractivity contribution in [3.05, 3.63) is 34.5 Å². The van der Waals surface area contributed by atoms with E-state index in [1.54, 1.807) is 6.21 Å². The maximum absolute atomic E-state index is 9.82. The highest BCUT2D eigenvalue weighted by atomic mass is 35.5. The van der Waals surface area contributed by atoms with Gasteiger partial charge in [0.05, 0.1) is 22.7 Å². The third-order valence-electron chi connectivity index (χ3n) is 5.81. The quantitative estimate of drug-likeness (QED) is 0.486. The number of hydrogen-bond acceptors (Lipinski definition) is 8. The number of guanidine groups is 1. The molecule has 32 heavy (non-hydrogen) atoms. The summed E-state index contributed by atoms with van der Waals surface area (Å²) in [6, 6.07) is 5.85. The molecule has 2 aromatic heterocycles. The first-order chi connectivity index (χ1) is 15.6. The number of aliphatic hydroxyl groups is 1. The minimum atomic E-state index is -0.270. The fraction of sp³-hybridized carbons (Fsp3) is 0.364. The predicted octanol–water partition coefficient (Wildman–Crippen LogP) is 4.03. The van der Waals surface area contributed by atoms with Crippen LogP contribution in [0.4, 0.5) is 11.5 Å². The summed E-state index contributed by atoms with van der Waals surface area (Å²) >= 11 is 8.16. The molecule has 4 N–H and O–H groups in total. The lowest BCUT2D eigenvalue weighted by atomic mass is 9.99. The van der Waals surface area contributed by atoms with Crippen molar-refractivity contribution in [1.29, 1.82) is 0 Å². The summed E-state index contributed by atoms with van der Waals surface area (Å²) in [6.45, 7) is 3.93. The lowest BCUT2D eigenvalue weighted by Gasteiger charge is -2.18. The fourth-order valence-electron chi connectivity index (χ4n) is 4.16. The number of rotatable bonds is 5. The molecule has 1 aromatic carbocycles. The van der Waals surface area contributed by atoms with Gasteiger partial charge < -0.3 is 20.7 Å². The van der Waals surface area contributed by atoms with E-state index in [-0.39, 0.29) is 18.5 Å². The van der Waals surface area contributed by atoms with Crippen molar-refractivity contribution in [2.24, 2.45) is 15.7 Å². The van der Waals surface area contributed by atoms with Crippen LogP contribution in [0.5, 0.6) is 0 Å². The molecule has 2 aliphatic rings. The maximum atomic E-state index is 9.82. The number of benzene rings is 1. The van der Waals surface area contributed by atoms with E-state index in [4.69, 9.17) is 27.3 Å². The number of aliphatic hydroxyl groups excluding tert-OH is 1. The van der Waals surface area contributed by atoms with Gasteiger partial charge in [-0.15, -0.1) is 0 Å². The Morgan fingerprint density at radius 2 is 2.09 bits per heavy atom. The number of aromatic amines is 1. The number of aromatic nitrogens is 3. The Morgan fingerprint density at radius 1 is 1.28 bits per heavy atom. The van der Waals surface area contributed by atoms with Gasteiger partial charge in [-0.3, -0.25) is 0 Å². The molecular formula is C22H24ClN7OS. The van der Waals surface area contributed by atoms with E-state index in [1.807, 2.05) is 18.2 Å². The zero-order valence-electron chi connectivity index (χ0n) is 17.7. The molecule has 1 fully saturated rings. The number of fused-ring (bicyclic) bond motifs is 2. The van der Waals surface area contributed by atoms with Gasteiger partial charge in [-0.2, -0.15) is 0 Å². The van der Waals surface area contributed by atoms with Gasteiger partial charge in [-0.1, -0.05) is 18.5 Å². The van der Waals surface area contributed by atoms with Crippen molar-refractivity contribution in [1.82, 2.24) is 15.0 Å². The van der Waals surface area contributed by atoms with E-state index in [9.17, 15) is 5.11 Å². The number of aryl methyl sites for hydroxylation is 1. The summed E-state index contributed by atoms with van der Waals surface area (Å²) in [4.78, 5) is 24.7. The molecule has 2 aliphatic heterocycles. The Kier molecular flexibility index (Phi) is 5.79. The second kappa shape index (κ2) is 8.73. The Balaban J connectivity index is 1.56. The molecule has 1 saturated heterocycles. The lowest BCUT2D eigenvalue weighted by molar-refractivity contribution is 0.291. The number of nitrogens with zero attached hydrogens (tertiary/aromatic N) is 5. The van der Waals surface area contributed by atoms with Crippen LogP contribution < -0.4 is 10.6 Å². The van der Waals surface area contributed by atoms with E-state index >= 15 is 0 Å². The summed E-state index contributed by atoms with van der Waals surface area (Å²) in [5.74, 6) is 0.804. The standard InChI is InChI=1S/C22H24ClN7OS/c1-2-15-18(23)17-19(26-15)28-22(29-20(17)30-7-3-4-8-30)32-13-5-6-16-14(9-13)12(11-31)10-25-21(24)27-16/h5-6,9-10,12,31H,2-4,7-8,11H2,1H3,(H2,24,27)(H,26,28,29). The van der Waals surface area contributed by atoms with Crippen molar-refractivity contribution >= 4 is 58.1 Å². The highest BCUT2D eigenvalue weighted by Crippen LogP contribution is 2.39. The molecular weight excluding hydrogens is 446 g/mol. The van der Waals surface area contributed by atoms with Crippen LogP contribution in [0.15, 0.2) is 38.2 Å². The molecule has 10 heteroatoms. The lowest BCUT2D eigenvalue weighted by Crippen LogP contribution is -2.19. The Morgan fingerprint density at radius 3 is 2.84 bits per heavy atom. The van der Waals surface area contributed by atoms with Gasteiger partial charge in [0, 0.05) is 35.8 Å². The summed E-state index contributed by atoms with van der Waals surface area (Å²) in [5.41, 5.74) is 9.13. The Labute approximate surface area is 195 Å². The van der Waals surface area contributed by atoms with E-state index in [1.165, 1.54) is 11.8 Å². The summed E-state index contributed by atoms with van der Waals surface area (Å²) in [6.07, 6.45) is 4.74. The number of H-pyrrole nitrogens is 1. The van der Waals surface area contributed by atoms with Crippen LogP contribution in [0.3, 0.4) is 0 Å². The highest BCUT2D eigenvalue weighted by Gasteiger charge is 2.23. The Hall–Kier alpha value is -2.62. The van der Waals surface area contributed by atoms with Crippen LogP contribution in [0.2, 0.25) is 5.02 Å². The molecule has 0 amide bonds. The highest BCUT2D eigenvalue weighted by molar-refractivity contribution is 7.99. The summed E-state index contributed by atoms with van der Waals surface area (Å²) in [5, 5.41) is 12.1. The van der Waals surface area contributed by atoms with Crippen molar-refractivity contribution in [3.63, 3.8) is 0 Å². The molecule has 1 atom stereocenters. The van der Waals surface area contributed by atoms with Crippen molar-refractivity contribution < 1.29 is 5.11 Å². The monoisotopic (exact) mass is 469 g/mol. The van der Waals surface area contributed by atoms with Crippen molar-refractivity contribution in [2.45, 2.75) is 42.2 Å². The first-order valence-electron chi connectivity index (χ1n) is 10.7. The maximum Gasteiger partial charge on any atom is 0.220 e. The number of nitrogens with one attached hydrogen (secondary N) is 1. The third kappa shape index (κ3) is 3.85. The van der Waals surface area contributed by atoms with Gasteiger partial charge in [0.1, 0.15) is 11.5 Å². The van der Waals surface area contributed by atoms with Gasteiger partial charge in [0.25, 0.3) is 0 Å². The Bertz CT molecular complexity index is 1230. The number of anilines is 1. The van der Waals surface area contributed by atoms with Crippen LogP contribution in [-0.2, 0) is 6.42 Å². The van der Waals surface area contributed by atoms with Crippen molar-refractivity contribution in [2.75, 3.05) is 24.6 Å². The average molecular weight is 470 g/mol. The number of hydrogen-bond donors (Lipinski definition) is 3. The number of halogens is 1. The van der Waals surface area contributed by atoms with Crippen LogP contribution >= 0.6 is 23.4 Å². The van der Waals surface area contributed by atoms with Gasteiger partial charge in [0.2, 0.25) is 5.96 Å². The second-order valence-corrected chi connectivity index (χ2v) is 9.30. The van der Waals surface area contributed by atoms with Gasteiger partial charge in [0.15, 0.2) is 5.16 Å². The van der Waals surface area contributed by atoms with Gasteiger partial charge in [-0.25, -0.2) is 20.0 Å². The third-order valence-corrected chi connectivity index (χ3v) is 7.08. The molecule has 3 aromatic rings. The smallest absolute Gasteiger partial charge is 0.220 e. The molecule has 166 valence electrons. The minimum Gasteiger partial charge on any atom is -0.395 e. The molecule has 0 aliphatic carbocycles. The summed E-state index contributed by atoms with van der Waals surface area (Å²) < 4.78 is 0. The van der Waals surface area contributed by atoms with Crippen LogP contribution in [0.25, 0.3) is 11.0 Å². The van der Waals surface area contributed by atoms with Gasteiger partial charge >= 0.3 is 0 Å². The summed E-state index contributed by atoms with van der Waals surface area (Å²) in [7, 11) is 0. The second-order valence-electron chi connectivity index (χ2n) is 7.88. The molecule has 0 radical (unpaired) electrons. The largest absolute Gasteiger partial charge is 0.395 e. The topological polar surface area (TPSA) is 116 Å². The first-order valence-corrected chi connectivity index (χ1v) is 11.9. The fourth-order valence-corrected chi connectivity index (χ4v) is 5.32. The molecule has 0 saturated carbocycles. The zero-order valence-corrected chi connectivity index (χ0v) is 19.2. The van der Waals surface area contributed by atoms with E-state index in [0.29, 0.717) is 15.9 Å². The van der Waals surface area contributed by atoms with E-state index in [2.05, 4.69) is 26.8 Å². The van der Waals surface area contributed by atoms with Crippen LogP contribution in [0, 0.1) is 0 Å². The van der Waals surface area contributed by atoms with Crippen LogP contribution in [0.1, 0.15) is 36.9 Å². The minimum absolute atomic E-state index is 0.0737. The molecule has 0 bridgehead atoms.